The van der Waals surface area contributed by atoms with Crippen LogP contribution in [0.2, 0.25) is 0 Å². The zero-order chi connectivity index (χ0) is 54.3. The summed E-state index contributed by atoms with van der Waals surface area (Å²) in [7, 11) is 0. The molecule has 22 atom stereocenters. The summed E-state index contributed by atoms with van der Waals surface area (Å²) < 4.78 is 55.7. The van der Waals surface area contributed by atoms with Gasteiger partial charge in [0.25, 0.3) is 0 Å². The molecule has 74 heavy (non-hydrogen) atoms. The lowest BCUT2D eigenvalue weighted by molar-refractivity contribution is -0.352. The largest absolute Gasteiger partial charge is 0.462 e. The summed E-state index contributed by atoms with van der Waals surface area (Å²) in [5, 5.41) is 166. The SMILES string of the molecule is CC(C)C[C@](O[C@@H]1O[C@H](CO)[C@@H](O)[C@H](O)[C@H]1O)(C(=O)OCc1ccc(O[C@@H]2O[C@H](CO)[C@@H](O)[C@H](O)[C@H]2O)cc1)[C@H](O)C(=O)OCc1ccc(O[C@@H]2O[C@H](CO)[C@@H](O)[C@H](O[C@H]3O[C@H](CO)[C@@H](O)[C@H](O)[C@H]3O)[C@H]2O)cc1. The number of esters is 2. The Labute approximate surface area is 421 Å². The minimum atomic E-state index is -2.80. The highest BCUT2D eigenvalue weighted by atomic mass is 16.7. The number of ether oxygens (including phenoxy) is 10. The van der Waals surface area contributed by atoms with Crippen molar-refractivity contribution in [3.05, 3.63) is 59.7 Å². The lowest BCUT2D eigenvalue weighted by Gasteiger charge is -2.45. The van der Waals surface area contributed by atoms with Gasteiger partial charge in [0.2, 0.25) is 18.2 Å². The molecule has 2 aromatic carbocycles. The van der Waals surface area contributed by atoms with E-state index in [1.54, 1.807) is 13.8 Å². The first-order chi connectivity index (χ1) is 35.1. The first kappa shape index (κ1) is 59.3. The molecule has 4 saturated heterocycles. The molecule has 0 bridgehead atoms. The van der Waals surface area contributed by atoms with Crippen LogP contribution in [0.4, 0.5) is 0 Å². The summed E-state index contributed by atoms with van der Waals surface area (Å²) in [5.41, 5.74) is -2.29. The van der Waals surface area contributed by atoms with Crippen LogP contribution in [0.3, 0.4) is 0 Å². The second kappa shape index (κ2) is 26.0. The van der Waals surface area contributed by atoms with Crippen molar-refractivity contribution >= 4 is 11.9 Å². The van der Waals surface area contributed by atoms with Crippen LogP contribution in [0.5, 0.6) is 11.5 Å². The number of aliphatic hydroxyl groups excluding tert-OH is 16. The van der Waals surface area contributed by atoms with Gasteiger partial charge in [-0.25, -0.2) is 9.59 Å². The fourth-order valence-corrected chi connectivity index (χ4v) is 8.55. The van der Waals surface area contributed by atoms with Crippen molar-refractivity contribution < 1.29 is 139 Å². The van der Waals surface area contributed by atoms with Crippen LogP contribution >= 0.6 is 0 Å². The van der Waals surface area contributed by atoms with E-state index in [4.69, 9.17) is 47.4 Å². The molecular weight excluding hydrogens is 1000 g/mol. The van der Waals surface area contributed by atoms with E-state index in [0.717, 1.165) is 0 Å². The Balaban J connectivity index is 1.15. The Hall–Kier alpha value is -3.90. The number of carbonyl (C=O) groups is 2. The molecule has 4 aliphatic heterocycles. The van der Waals surface area contributed by atoms with Gasteiger partial charge in [-0.3, -0.25) is 0 Å². The summed E-state index contributed by atoms with van der Waals surface area (Å²) >= 11 is 0. The molecule has 4 heterocycles. The predicted octanol–water partition coefficient (Wildman–Crippen LogP) is -7.38. The first-order valence-corrected chi connectivity index (χ1v) is 23.5. The maximum Gasteiger partial charge on any atom is 0.342 e. The summed E-state index contributed by atoms with van der Waals surface area (Å²) in [6.45, 7) is -1.21. The van der Waals surface area contributed by atoms with E-state index in [0.29, 0.717) is 0 Å². The number of rotatable bonds is 21. The molecule has 0 spiro atoms. The second-order valence-corrected chi connectivity index (χ2v) is 18.6. The van der Waals surface area contributed by atoms with Gasteiger partial charge in [0, 0.05) is 0 Å². The summed E-state index contributed by atoms with van der Waals surface area (Å²) in [6, 6.07) is 10.9. The van der Waals surface area contributed by atoms with E-state index in [2.05, 4.69) is 0 Å². The maximum atomic E-state index is 14.4. The van der Waals surface area contributed by atoms with Crippen LogP contribution in [0.1, 0.15) is 31.4 Å². The Morgan fingerprint density at radius 3 is 1.32 bits per heavy atom. The van der Waals surface area contributed by atoms with Gasteiger partial charge in [-0.2, -0.15) is 0 Å². The second-order valence-electron chi connectivity index (χ2n) is 18.6. The van der Waals surface area contributed by atoms with Gasteiger partial charge in [0.05, 0.1) is 26.4 Å². The number of hydrogen-bond acceptors (Lipinski definition) is 28. The number of hydrogen-bond donors (Lipinski definition) is 16. The highest BCUT2D eigenvalue weighted by Gasteiger charge is 2.58. The Morgan fingerprint density at radius 2 is 0.878 bits per heavy atom. The average Bonchev–Trinajstić information content (AvgIpc) is 3.39. The molecule has 0 radical (unpaired) electrons. The van der Waals surface area contributed by atoms with E-state index in [-0.39, 0.29) is 22.6 Å². The molecule has 4 aliphatic rings. The van der Waals surface area contributed by atoms with Crippen molar-refractivity contribution in [1.82, 2.24) is 0 Å². The quantitative estimate of drug-likeness (QED) is 0.0517. The molecule has 418 valence electrons. The molecule has 0 aromatic heterocycles. The number of benzene rings is 2. The van der Waals surface area contributed by atoms with Crippen LogP contribution in [0.25, 0.3) is 0 Å². The van der Waals surface area contributed by atoms with E-state index in [1.165, 1.54) is 48.5 Å². The average molecular weight is 1070 g/mol. The van der Waals surface area contributed by atoms with Crippen LogP contribution in [-0.2, 0) is 60.7 Å². The standard InChI is InChI=1S/C46H66O28/c1-18(2)11-46(74-44-36(60)33(57)29(53)25(14-49)72-44,45(64)66-17-20-5-9-21(10-6-20)67-41-34(58)31(55)27(51)23(12-47)69-41)39(62)40(63)65-16-19-3-7-22(8-4-19)68-43-37(61)38(30(54)26(15-50)71-43)73-42-35(59)32(56)28(52)24(13-48)70-42/h3-10,18,23-39,41-44,47-62H,11-17H2,1-2H3/t23-,24-,25-,26-,27-,28-,29-,30-,31+,32+,33+,34-,35-,36-,37-,38+,39-,41-,42-,43-,44+,46-/m1/s1. The lowest BCUT2D eigenvalue weighted by atomic mass is 9.86. The zero-order valence-corrected chi connectivity index (χ0v) is 39.8. The minimum Gasteiger partial charge on any atom is -0.462 e. The maximum absolute atomic E-state index is 14.4. The molecule has 28 nitrogen and oxygen atoms in total. The van der Waals surface area contributed by atoms with Crippen molar-refractivity contribution in [3.8, 4) is 11.5 Å². The minimum absolute atomic E-state index is 0.00794. The molecule has 6 rings (SSSR count). The number of carbonyl (C=O) groups excluding carboxylic acids is 2. The van der Waals surface area contributed by atoms with Crippen LogP contribution in [0.15, 0.2) is 48.5 Å². The van der Waals surface area contributed by atoms with Crippen molar-refractivity contribution in [2.75, 3.05) is 26.4 Å². The topological polar surface area (TPSA) is 450 Å². The third-order valence-corrected chi connectivity index (χ3v) is 12.8. The highest BCUT2D eigenvalue weighted by Crippen LogP contribution is 2.36. The summed E-state index contributed by atoms with van der Waals surface area (Å²) in [4.78, 5) is 28.2. The third kappa shape index (κ3) is 13.3. The fourth-order valence-electron chi connectivity index (χ4n) is 8.55. The number of aliphatic hydroxyl groups is 16. The van der Waals surface area contributed by atoms with Gasteiger partial charge in [-0.05, 0) is 47.7 Å². The van der Waals surface area contributed by atoms with Gasteiger partial charge in [-0.15, -0.1) is 0 Å². The molecule has 0 unspecified atom stereocenters. The first-order valence-electron chi connectivity index (χ1n) is 23.5. The van der Waals surface area contributed by atoms with Crippen molar-refractivity contribution in [2.45, 2.75) is 168 Å². The molecule has 2 aromatic rings. The molecule has 0 amide bonds. The molecule has 4 fully saturated rings. The van der Waals surface area contributed by atoms with Crippen LogP contribution in [-0.4, -0.2) is 255 Å². The fraction of sp³-hybridized carbons (Fsp3) is 0.696. The smallest absolute Gasteiger partial charge is 0.342 e. The van der Waals surface area contributed by atoms with Crippen molar-refractivity contribution in [1.29, 1.82) is 0 Å². The van der Waals surface area contributed by atoms with Gasteiger partial charge in [0.1, 0.15) is 122 Å². The van der Waals surface area contributed by atoms with Crippen molar-refractivity contribution in [3.63, 3.8) is 0 Å². The molecule has 16 N–H and O–H groups in total. The molecule has 28 heteroatoms. The van der Waals surface area contributed by atoms with Gasteiger partial charge >= 0.3 is 11.9 Å². The van der Waals surface area contributed by atoms with Crippen molar-refractivity contribution in [2.24, 2.45) is 5.92 Å². The van der Waals surface area contributed by atoms with E-state index in [1.807, 2.05) is 0 Å². The van der Waals surface area contributed by atoms with Gasteiger partial charge in [-0.1, -0.05) is 38.1 Å². The van der Waals surface area contributed by atoms with Gasteiger partial charge in [0.15, 0.2) is 18.7 Å². The zero-order valence-electron chi connectivity index (χ0n) is 39.8. The van der Waals surface area contributed by atoms with E-state index >= 15 is 0 Å². The van der Waals surface area contributed by atoms with E-state index in [9.17, 15) is 91.3 Å². The van der Waals surface area contributed by atoms with Crippen LogP contribution < -0.4 is 9.47 Å². The Bertz CT molecular complexity index is 2060. The predicted molar refractivity (Wildman–Crippen MR) is 237 cm³/mol. The molecule has 0 saturated carbocycles. The summed E-state index contributed by atoms with van der Waals surface area (Å²) in [5.74, 6) is -3.43. The monoisotopic (exact) mass is 1070 g/mol. The Morgan fingerprint density at radius 1 is 0.500 bits per heavy atom. The van der Waals surface area contributed by atoms with Crippen LogP contribution in [0, 0.1) is 5.92 Å². The lowest BCUT2D eigenvalue weighted by Crippen LogP contribution is -2.65. The normalized spacial score (nSPS) is 37.9. The van der Waals surface area contributed by atoms with E-state index < -0.39 is 198 Å². The molecular formula is C46H66O28. The van der Waals surface area contributed by atoms with Gasteiger partial charge < -0.3 is 129 Å². The molecule has 0 aliphatic carbocycles. The highest BCUT2D eigenvalue weighted by molar-refractivity contribution is 5.89. The summed E-state index contributed by atoms with van der Waals surface area (Å²) in [6.07, 6.45) is -37.6. The Kier molecular flexibility index (Phi) is 20.8. The third-order valence-electron chi connectivity index (χ3n) is 12.8.